The van der Waals surface area contributed by atoms with Crippen molar-refractivity contribution in [3.8, 4) is 0 Å². The number of ether oxygens (including phenoxy) is 1. The highest BCUT2D eigenvalue weighted by Crippen LogP contribution is 2.25. The molecular weight excluding hydrogens is 556 g/mol. The lowest BCUT2D eigenvalue weighted by Gasteiger charge is -2.34. The second-order valence-electron chi connectivity index (χ2n) is 6.75. The van der Waals surface area contributed by atoms with Crippen molar-refractivity contribution < 1.29 is 19.1 Å². The van der Waals surface area contributed by atoms with E-state index in [1.807, 2.05) is 0 Å². The van der Waals surface area contributed by atoms with Crippen LogP contribution >= 0.6 is 45.8 Å². The van der Waals surface area contributed by atoms with Crippen LogP contribution in [-0.2, 0) is 4.74 Å². The van der Waals surface area contributed by atoms with Crippen LogP contribution in [0.15, 0.2) is 36.4 Å². The molecule has 31 heavy (non-hydrogen) atoms. The fourth-order valence-corrected chi connectivity index (χ4v) is 4.13. The van der Waals surface area contributed by atoms with Crippen LogP contribution in [0, 0.1) is 3.57 Å². The number of carbonyl (C=O) groups excluding carboxylic acids is 3. The number of anilines is 1. The van der Waals surface area contributed by atoms with Crippen LogP contribution in [0.2, 0.25) is 10.0 Å². The Morgan fingerprint density at radius 1 is 1.00 bits per heavy atom. The molecular formula is C21H20Cl2IN3O4. The summed E-state index contributed by atoms with van der Waals surface area (Å²) < 4.78 is 5.87. The van der Waals surface area contributed by atoms with Crippen molar-refractivity contribution in [2.24, 2.45) is 0 Å². The lowest BCUT2D eigenvalue weighted by molar-refractivity contribution is 0.0571. The molecule has 0 radical (unpaired) electrons. The maximum absolute atomic E-state index is 13.2. The molecule has 0 atom stereocenters. The summed E-state index contributed by atoms with van der Waals surface area (Å²) in [6.45, 7) is 3.58. The second-order valence-corrected chi connectivity index (χ2v) is 8.84. The van der Waals surface area contributed by atoms with E-state index >= 15 is 0 Å². The molecule has 0 saturated carbocycles. The van der Waals surface area contributed by atoms with Crippen LogP contribution in [0.4, 0.5) is 10.5 Å². The molecule has 3 amide bonds. The zero-order valence-corrected chi connectivity index (χ0v) is 20.3. The van der Waals surface area contributed by atoms with Crippen LogP contribution < -0.4 is 5.32 Å². The number of rotatable bonds is 4. The van der Waals surface area contributed by atoms with Crippen molar-refractivity contribution in [3.63, 3.8) is 0 Å². The molecule has 0 spiro atoms. The number of amides is 3. The first-order chi connectivity index (χ1) is 14.8. The standard InChI is InChI=1S/C21H20Cl2IN3O4/c1-2-31-21(30)27-9-7-26(8-10-27)20(29)16-12-14(24)4-6-18(16)25-19(28)15-5-3-13(22)11-17(15)23/h3-6,11-12H,2,7-10H2,1H3,(H,25,28). The number of nitrogens with zero attached hydrogens (tertiary/aromatic N) is 2. The molecule has 1 saturated heterocycles. The van der Waals surface area contributed by atoms with Gasteiger partial charge in [-0.3, -0.25) is 9.59 Å². The van der Waals surface area contributed by atoms with Gasteiger partial charge in [-0.2, -0.15) is 0 Å². The van der Waals surface area contributed by atoms with E-state index < -0.39 is 5.91 Å². The Morgan fingerprint density at radius 2 is 1.68 bits per heavy atom. The quantitative estimate of drug-likeness (QED) is 0.533. The topological polar surface area (TPSA) is 79.0 Å². The first kappa shape index (κ1) is 23.6. The zero-order chi connectivity index (χ0) is 22.5. The average Bonchev–Trinajstić information content (AvgIpc) is 2.74. The Kier molecular flexibility index (Phi) is 8.01. The number of piperazine rings is 1. The third-order valence-electron chi connectivity index (χ3n) is 4.73. The maximum Gasteiger partial charge on any atom is 0.409 e. The van der Waals surface area contributed by atoms with E-state index in [4.69, 9.17) is 27.9 Å². The second kappa shape index (κ2) is 10.5. The first-order valence-corrected chi connectivity index (χ1v) is 11.4. The van der Waals surface area contributed by atoms with Gasteiger partial charge in [0, 0.05) is 34.8 Å². The van der Waals surface area contributed by atoms with E-state index in [1.165, 1.54) is 12.1 Å². The smallest absolute Gasteiger partial charge is 0.409 e. The number of benzene rings is 2. The van der Waals surface area contributed by atoms with E-state index in [0.29, 0.717) is 49.1 Å². The largest absolute Gasteiger partial charge is 0.450 e. The van der Waals surface area contributed by atoms with Gasteiger partial charge in [0.05, 0.1) is 28.4 Å². The van der Waals surface area contributed by atoms with Crippen molar-refractivity contribution >= 4 is 69.4 Å². The van der Waals surface area contributed by atoms with Gasteiger partial charge in [-0.1, -0.05) is 23.2 Å². The Balaban J connectivity index is 1.76. The van der Waals surface area contributed by atoms with Crippen LogP contribution in [0.5, 0.6) is 0 Å². The monoisotopic (exact) mass is 575 g/mol. The SMILES string of the molecule is CCOC(=O)N1CCN(C(=O)c2cc(I)ccc2NC(=O)c2ccc(Cl)cc2Cl)CC1. The van der Waals surface area contributed by atoms with Gasteiger partial charge in [-0.25, -0.2) is 4.79 Å². The Morgan fingerprint density at radius 3 is 2.32 bits per heavy atom. The van der Waals surface area contributed by atoms with Gasteiger partial charge in [0.25, 0.3) is 11.8 Å². The minimum absolute atomic E-state index is 0.221. The first-order valence-electron chi connectivity index (χ1n) is 9.57. The molecule has 164 valence electrons. The van der Waals surface area contributed by atoms with Gasteiger partial charge >= 0.3 is 6.09 Å². The predicted octanol–water partition coefficient (Wildman–Crippen LogP) is 4.76. The van der Waals surface area contributed by atoms with Gasteiger partial charge in [0.1, 0.15) is 0 Å². The van der Waals surface area contributed by atoms with Gasteiger partial charge in [-0.15, -0.1) is 0 Å². The highest BCUT2D eigenvalue weighted by atomic mass is 127. The van der Waals surface area contributed by atoms with Crippen molar-refractivity contribution in [1.29, 1.82) is 0 Å². The van der Waals surface area contributed by atoms with Crippen molar-refractivity contribution in [3.05, 3.63) is 61.1 Å². The third kappa shape index (κ3) is 5.81. The van der Waals surface area contributed by atoms with E-state index in [0.717, 1.165) is 3.57 Å². The molecule has 2 aromatic rings. The summed E-state index contributed by atoms with van der Waals surface area (Å²) in [4.78, 5) is 41.1. The molecule has 3 rings (SSSR count). The molecule has 1 aliphatic rings. The van der Waals surface area contributed by atoms with Crippen molar-refractivity contribution in [2.45, 2.75) is 6.92 Å². The number of halogens is 3. The predicted molar refractivity (Wildman–Crippen MR) is 128 cm³/mol. The summed E-state index contributed by atoms with van der Waals surface area (Å²) >= 11 is 14.2. The van der Waals surface area contributed by atoms with Crippen LogP contribution in [0.25, 0.3) is 0 Å². The molecule has 1 fully saturated rings. The van der Waals surface area contributed by atoms with Crippen LogP contribution in [0.1, 0.15) is 27.6 Å². The highest BCUT2D eigenvalue weighted by molar-refractivity contribution is 14.1. The average molecular weight is 576 g/mol. The van der Waals surface area contributed by atoms with Crippen LogP contribution in [0.3, 0.4) is 0 Å². The van der Waals surface area contributed by atoms with Gasteiger partial charge < -0.3 is 19.9 Å². The molecule has 1 aliphatic heterocycles. The van der Waals surface area contributed by atoms with Crippen LogP contribution in [-0.4, -0.2) is 60.5 Å². The van der Waals surface area contributed by atoms with Crippen molar-refractivity contribution in [2.75, 3.05) is 38.1 Å². The Hall–Kier alpha value is -2.04. The molecule has 10 heteroatoms. The number of carbonyl (C=O) groups is 3. The molecule has 7 nitrogen and oxygen atoms in total. The maximum atomic E-state index is 13.2. The number of nitrogens with one attached hydrogen (secondary N) is 1. The Bertz CT molecular complexity index is 1010. The van der Waals surface area contributed by atoms with Gasteiger partial charge in [0.15, 0.2) is 0 Å². The number of hydrogen-bond donors (Lipinski definition) is 1. The van der Waals surface area contributed by atoms with Gasteiger partial charge in [0.2, 0.25) is 0 Å². The van der Waals surface area contributed by atoms with E-state index in [-0.39, 0.29) is 22.6 Å². The molecule has 0 unspecified atom stereocenters. The normalized spacial score (nSPS) is 13.7. The molecule has 0 aromatic heterocycles. The summed E-state index contributed by atoms with van der Waals surface area (Å²) in [5.41, 5.74) is 1.01. The minimum atomic E-state index is -0.441. The zero-order valence-electron chi connectivity index (χ0n) is 16.7. The summed E-state index contributed by atoms with van der Waals surface area (Å²) in [7, 11) is 0. The van der Waals surface area contributed by atoms with E-state index in [1.54, 1.807) is 41.0 Å². The molecule has 0 aliphatic carbocycles. The van der Waals surface area contributed by atoms with E-state index in [9.17, 15) is 14.4 Å². The highest BCUT2D eigenvalue weighted by Gasteiger charge is 2.27. The summed E-state index contributed by atoms with van der Waals surface area (Å²) in [6, 6.07) is 9.80. The lowest BCUT2D eigenvalue weighted by Crippen LogP contribution is -2.50. The molecule has 2 aromatic carbocycles. The molecule has 1 N–H and O–H groups in total. The van der Waals surface area contributed by atoms with Crippen molar-refractivity contribution in [1.82, 2.24) is 9.80 Å². The van der Waals surface area contributed by atoms with Gasteiger partial charge in [-0.05, 0) is 65.9 Å². The Labute approximate surface area is 203 Å². The summed E-state index contributed by atoms with van der Waals surface area (Å²) in [6.07, 6.45) is -0.378. The minimum Gasteiger partial charge on any atom is -0.450 e. The summed E-state index contributed by atoms with van der Waals surface area (Å²) in [5.74, 6) is -0.663. The van der Waals surface area contributed by atoms with E-state index in [2.05, 4.69) is 27.9 Å². The fourth-order valence-electron chi connectivity index (χ4n) is 3.14. The molecule has 0 bridgehead atoms. The summed E-state index contributed by atoms with van der Waals surface area (Å²) in [5, 5.41) is 3.42. The molecule has 1 heterocycles. The third-order valence-corrected chi connectivity index (χ3v) is 5.95. The lowest BCUT2D eigenvalue weighted by atomic mass is 10.1. The fraction of sp³-hybridized carbons (Fsp3) is 0.286. The number of hydrogen-bond acceptors (Lipinski definition) is 4.